The van der Waals surface area contributed by atoms with Crippen molar-refractivity contribution in [3.63, 3.8) is 0 Å². The number of nitrogens with zero attached hydrogens (tertiary/aromatic N) is 2. The highest BCUT2D eigenvalue weighted by Crippen LogP contribution is 2.33. The number of carboxylic acid groups (broad SMARTS) is 1. The second kappa shape index (κ2) is 5.59. The van der Waals surface area contributed by atoms with Crippen molar-refractivity contribution in [2.75, 3.05) is 6.54 Å². The maximum Gasteiger partial charge on any atom is 0.335 e. The first kappa shape index (κ1) is 15.1. The number of carbonyl (C=O) groups is 3. The molecule has 4 rings (SSSR count). The summed E-state index contributed by atoms with van der Waals surface area (Å²) in [4.78, 5) is 37.2. The van der Waals surface area contributed by atoms with Gasteiger partial charge in [-0.1, -0.05) is 18.2 Å². The fraction of sp³-hybridized carbons (Fsp3) is 0.105. The van der Waals surface area contributed by atoms with E-state index in [2.05, 4.69) is 5.32 Å². The van der Waals surface area contributed by atoms with Gasteiger partial charge in [-0.05, 0) is 36.3 Å². The Bertz CT molecular complexity index is 962. The van der Waals surface area contributed by atoms with Gasteiger partial charge in [0.2, 0.25) is 0 Å². The normalized spacial score (nSPS) is 14.9. The second-order valence-electron chi connectivity index (χ2n) is 5.88. The van der Waals surface area contributed by atoms with Crippen molar-refractivity contribution in [2.24, 2.45) is 0 Å². The molecule has 6 nitrogen and oxygen atoms in total. The molecular formula is C19H13N2O4. The first-order valence-electron chi connectivity index (χ1n) is 7.79. The topological polar surface area (TPSA) is 88.8 Å². The average Bonchev–Trinajstić information content (AvgIpc) is 3.13. The summed E-state index contributed by atoms with van der Waals surface area (Å²) < 4.78 is 0. The van der Waals surface area contributed by atoms with Crippen LogP contribution in [0.2, 0.25) is 0 Å². The SMILES string of the molecule is O=C(O)c1ccc2c(c1)C(=O)N(CCC1=C[N]c3ccccc31)C2=O. The van der Waals surface area contributed by atoms with Gasteiger partial charge in [0.1, 0.15) is 0 Å². The van der Waals surface area contributed by atoms with E-state index in [9.17, 15) is 14.4 Å². The molecule has 6 heteroatoms. The van der Waals surface area contributed by atoms with Crippen LogP contribution in [0.5, 0.6) is 0 Å². The van der Waals surface area contributed by atoms with E-state index in [1.54, 1.807) is 6.20 Å². The van der Waals surface area contributed by atoms with Crippen molar-refractivity contribution in [3.05, 3.63) is 70.9 Å². The summed E-state index contributed by atoms with van der Waals surface area (Å²) in [5.74, 6) is -1.97. The van der Waals surface area contributed by atoms with Crippen LogP contribution in [0.4, 0.5) is 5.69 Å². The van der Waals surface area contributed by atoms with Gasteiger partial charge >= 0.3 is 5.97 Å². The number of para-hydroxylation sites is 1. The minimum atomic E-state index is -1.13. The van der Waals surface area contributed by atoms with Gasteiger partial charge in [0.25, 0.3) is 11.8 Å². The Morgan fingerprint density at radius 3 is 2.56 bits per heavy atom. The summed E-state index contributed by atoms with van der Waals surface area (Å²) in [5.41, 5.74) is 3.25. The third kappa shape index (κ3) is 2.39. The molecule has 0 bridgehead atoms. The second-order valence-corrected chi connectivity index (χ2v) is 5.88. The summed E-state index contributed by atoms with van der Waals surface area (Å²) >= 11 is 0. The fourth-order valence-corrected chi connectivity index (χ4v) is 3.13. The van der Waals surface area contributed by atoms with Crippen molar-refractivity contribution in [1.29, 1.82) is 0 Å². The van der Waals surface area contributed by atoms with E-state index in [1.165, 1.54) is 18.2 Å². The van der Waals surface area contributed by atoms with E-state index in [-0.39, 0.29) is 29.1 Å². The highest BCUT2D eigenvalue weighted by Gasteiger charge is 2.36. The molecule has 0 aromatic heterocycles. The lowest BCUT2D eigenvalue weighted by Crippen LogP contribution is -2.30. The van der Waals surface area contributed by atoms with Crippen LogP contribution in [0, 0.1) is 0 Å². The molecule has 0 saturated carbocycles. The molecule has 2 aliphatic rings. The molecular weight excluding hydrogens is 320 g/mol. The van der Waals surface area contributed by atoms with Crippen LogP contribution in [0.1, 0.15) is 43.1 Å². The molecule has 0 atom stereocenters. The van der Waals surface area contributed by atoms with Crippen molar-refractivity contribution in [1.82, 2.24) is 10.2 Å². The van der Waals surface area contributed by atoms with E-state index < -0.39 is 11.9 Å². The molecule has 1 N–H and O–H groups in total. The number of amides is 2. The Morgan fingerprint density at radius 2 is 1.76 bits per heavy atom. The van der Waals surface area contributed by atoms with Crippen molar-refractivity contribution < 1.29 is 19.5 Å². The van der Waals surface area contributed by atoms with Crippen LogP contribution in [-0.2, 0) is 0 Å². The summed E-state index contributed by atoms with van der Waals surface area (Å²) in [6, 6.07) is 11.7. The predicted octanol–water partition coefficient (Wildman–Crippen LogP) is 2.66. The number of benzene rings is 2. The van der Waals surface area contributed by atoms with Gasteiger partial charge in [0, 0.05) is 18.3 Å². The predicted molar refractivity (Wildman–Crippen MR) is 89.6 cm³/mol. The number of hydrogen-bond donors (Lipinski definition) is 1. The first-order chi connectivity index (χ1) is 12.1. The lowest BCUT2D eigenvalue weighted by molar-refractivity contribution is 0.0656. The number of carboxylic acids is 1. The standard InChI is InChI=1S/C19H13N2O4/c22-17-14-6-5-11(19(24)25)9-15(14)18(23)21(17)8-7-12-10-20-16-4-2-1-3-13(12)16/h1-6,9-10H,7-8H2,(H,24,25). The zero-order valence-electron chi connectivity index (χ0n) is 13.1. The van der Waals surface area contributed by atoms with Crippen LogP contribution in [0.3, 0.4) is 0 Å². The molecule has 1 radical (unpaired) electrons. The Labute approximate surface area is 143 Å². The molecule has 2 aromatic rings. The molecule has 2 aromatic carbocycles. The van der Waals surface area contributed by atoms with Gasteiger partial charge in [0.05, 0.1) is 22.4 Å². The van der Waals surface area contributed by atoms with Gasteiger partial charge in [0.15, 0.2) is 0 Å². The Balaban J connectivity index is 1.54. The summed E-state index contributed by atoms with van der Waals surface area (Å²) in [6.07, 6.45) is 2.25. The summed E-state index contributed by atoms with van der Waals surface area (Å²) in [6.45, 7) is 0.227. The Hall–Kier alpha value is -3.41. The largest absolute Gasteiger partial charge is 0.478 e. The summed E-state index contributed by atoms with van der Waals surface area (Å²) in [7, 11) is 0. The minimum Gasteiger partial charge on any atom is -0.478 e. The third-order valence-corrected chi connectivity index (χ3v) is 4.43. The van der Waals surface area contributed by atoms with E-state index in [0.717, 1.165) is 21.7 Å². The lowest BCUT2D eigenvalue weighted by atomic mass is 10.0. The smallest absolute Gasteiger partial charge is 0.335 e. The maximum atomic E-state index is 12.5. The lowest BCUT2D eigenvalue weighted by Gasteiger charge is -2.14. The van der Waals surface area contributed by atoms with E-state index in [0.29, 0.717) is 6.42 Å². The van der Waals surface area contributed by atoms with Crippen LogP contribution < -0.4 is 5.32 Å². The molecule has 2 heterocycles. The first-order valence-corrected chi connectivity index (χ1v) is 7.79. The van der Waals surface area contributed by atoms with E-state index in [1.807, 2.05) is 24.3 Å². The fourth-order valence-electron chi connectivity index (χ4n) is 3.13. The number of rotatable bonds is 4. The van der Waals surface area contributed by atoms with E-state index in [4.69, 9.17) is 5.11 Å². The highest BCUT2D eigenvalue weighted by atomic mass is 16.4. The van der Waals surface area contributed by atoms with Crippen molar-refractivity contribution in [3.8, 4) is 0 Å². The maximum absolute atomic E-state index is 12.5. The van der Waals surface area contributed by atoms with Crippen molar-refractivity contribution >= 4 is 29.0 Å². The number of fused-ring (bicyclic) bond motifs is 2. The highest BCUT2D eigenvalue weighted by molar-refractivity contribution is 6.22. The van der Waals surface area contributed by atoms with Gasteiger partial charge in [-0.2, -0.15) is 0 Å². The average molecular weight is 333 g/mol. The third-order valence-electron chi connectivity index (χ3n) is 4.43. The van der Waals surface area contributed by atoms with Crippen LogP contribution in [-0.4, -0.2) is 34.3 Å². The quantitative estimate of drug-likeness (QED) is 0.871. The monoisotopic (exact) mass is 333 g/mol. The Kier molecular flexibility index (Phi) is 3.39. The summed E-state index contributed by atoms with van der Waals surface area (Å²) in [5, 5.41) is 13.4. The molecule has 25 heavy (non-hydrogen) atoms. The zero-order valence-corrected chi connectivity index (χ0v) is 13.1. The number of imide groups is 1. The molecule has 2 amide bonds. The van der Waals surface area contributed by atoms with E-state index >= 15 is 0 Å². The van der Waals surface area contributed by atoms with Crippen LogP contribution >= 0.6 is 0 Å². The number of carbonyl (C=O) groups excluding carboxylic acids is 2. The van der Waals surface area contributed by atoms with Crippen LogP contribution in [0.15, 0.2) is 48.7 Å². The molecule has 123 valence electrons. The van der Waals surface area contributed by atoms with Crippen molar-refractivity contribution in [2.45, 2.75) is 6.42 Å². The molecule has 0 unspecified atom stereocenters. The number of hydrogen-bond acceptors (Lipinski definition) is 3. The number of aromatic carboxylic acids is 1. The molecule has 0 fully saturated rings. The van der Waals surface area contributed by atoms with Gasteiger partial charge in [-0.15, -0.1) is 0 Å². The van der Waals surface area contributed by atoms with Gasteiger partial charge in [-0.3, -0.25) is 19.8 Å². The molecule has 0 aliphatic carbocycles. The Morgan fingerprint density at radius 1 is 1.00 bits per heavy atom. The minimum absolute atomic E-state index is 0.00650. The molecule has 0 spiro atoms. The van der Waals surface area contributed by atoms with Gasteiger partial charge in [-0.25, -0.2) is 4.79 Å². The van der Waals surface area contributed by atoms with Crippen LogP contribution in [0.25, 0.3) is 5.57 Å². The molecule has 2 aliphatic heterocycles. The molecule has 0 saturated heterocycles. The zero-order chi connectivity index (χ0) is 17.6. The van der Waals surface area contributed by atoms with Gasteiger partial charge < -0.3 is 5.11 Å².